The summed E-state index contributed by atoms with van der Waals surface area (Å²) in [6, 6.07) is 12.4. The number of amides is 1. The largest absolute Gasteiger partial charge is 0.435 e. The highest BCUT2D eigenvalue weighted by Gasteiger charge is 2.25. The molecule has 6 aromatic rings. The molecular formula is C28H24FN9O2. The summed E-state index contributed by atoms with van der Waals surface area (Å²) >= 11 is 0. The average Bonchev–Trinajstić information content (AvgIpc) is 3.60. The number of aryl methyl sites for hydroxylation is 1. The maximum absolute atomic E-state index is 15.3. The van der Waals surface area contributed by atoms with E-state index in [1.807, 2.05) is 32.0 Å². The second-order valence-corrected chi connectivity index (χ2v) is 9.17. The van der Waals surface area contributed by atoms with E-state index < -0.39 is 11.7 Å². The predicted octanol–water partition coefficient (Wildman–Crippen LogP) is 5.37. The number of aromatic amines is 2. The van der Waals surface area contributed by atoms with E-state index in [4.69, 9.17) is 4.74 Å². The molecule has 0 atom stereocenters. The van der Waals surface area contributed by atoms with Gasteiger partial charge in [0.25, 0.3) is 5.91 Å². The summed E-state index contributed by atoms with van der Waals surface area (Å²) in [5.74, 6) is -0.542. The molecule has 4 heterocycles. The molecule has 6 rings (SSSR count). The molecule has 40 heavy (non-hydrogen) atoms. The van der Waals surface area contributed by atoms with E-state index in [2.05, 4.69) is 40.4 Å². The van der Waals surface area contributed by atoms with Crippen molar-refractivity contribution in [3.63, 3.8) is 0 Å². The second kappa shape index (κ2) is 10.1. The summed E-state index contributed by atoms with van der Waals surface area (Å²) < 4.78 is 21.2. The number of rotatable bonds is 7. The zero-order chi connectivity index (χ0) is 27.8. The SMILES string of the molecule is CCN(C)C(=O)c1c(Nc2cc(-c3ccc4nccnc4c3)[nH]n2)ncnc1Oc1ccc2[nH]c(C)cc2c1F. The third kappa shape index (κ3) is 4.55. The van der Waals surface area contributed by atoms with Gasteiger partial charge in [-0.25, -0.2) is 14.4 Å². The van der Waals surface area contributed by atoms with Gasteiger partial charge in [0.2, 0.25) is 5.88 Å². The van der Waals surface area contributed by atoms with Gasteiger partial charge in [-0.05, 0) is 44.2 Å². The molecule has 0 saturated carbocycles. The van der Waals surface area contributed by atoms with Gasteiger partial charge >= 0.3 is 0 Å². The lowest BCUT2D eigenvalue weighted by Crippen LogP contribution is -2.28. The molecule has 11 nitrogen and oxygen atoms in total. The summed E-state index contributed by atoms with van der Waals surface area (Å²) in [6.07, 6.45) is 4.52. The van der Waals surface area contributed by atoms with Crippen LogP contribution >= 0.6 is 0 Å². The van der Waals surface area contributed by atoms with Crippen LogP contribution in [0.2, 0.25) is 0 Å². The highest BCUT2D eigenvalue weighted by atomic mass is 19.1. The molecule has 0 fully saturated rings. The molecule has 0 saturated heterocycles. The number of nitrogens with one attached hydrogen (secondary N) is 3. The molecule has 1 amide bonds. The number of ether oxygens (including phenoxy) is 1. The highest BCUT2D eigenvalue weighted by molar-refractivity contribution is 6.01. The lowest BCUT2D eigenvalue weighted by molar-refractivity contribution is 0.0799. The number of anilines is 2. The number of halogens is 1. The Labute approximate surface area is 227 Å². The summed E-state index contributed by atoms with van der Waals surface area (Å²) in [4.78, 5) is 35.1. The van der Waals surface area contributed by atoms with Gasteiger partial charge in [0, 0.05) is 54.2 Å². The van der Waals surface area contributed by atoms with Gasteiger partial charge in [0.05, 0.1) is 16.7 Å². The van der Waals surface area contributed by atoms with E-state index in [1.54, 1.807) is 37.6 Å². The topological polar surface area (TPSA) is 138 Å². The first-order chi connectivity index (χ1) is 19.4. The highest BCUT2D eigenvalue weighted by Crippen LogP contribution is 2.34. The molecule has 0 aliphatic rings. The third-order valence-electron chi connectivity index (χ3n) is 6.50. The van der Waals surface area contributed by atoms with Crippen molar-refractivity contribution in [1.29, 1.82) is 0 Å². The maximum Gasteiger partial charge on any atom is 0.262 e. The molecule has 0 spiro atoms. The minimum Gasteiger partial charge on any atom is -0.435 e. The first kappa shape index (κ1) is 24.9. The van der Waals surface area contributed by atoms with Crippen LogP contribution in [0.15, 0.2) is 61.2 Å². The molecule has 12 heteroatoms. The van der Waals surface area contributed by atoms with Crippen molar-refractivity contribution in [1.82, 2.24) is 40.0 Å². The van der Waals surface area contributed by atoms with Crippen LogP contribution in [0.25, 0.3) is 33.2 Å². The number of benzene rings is 2. The second-order valence-electron chi connectivity index (χ2n) is 9.17. The number of carbonyl (C=O) groups is 1. The summed E-state index contributed by atoms with van der Waals surface area (Å²) in [5.41, 5.74) is 4.60. The normalized spacial score (nSPS) is 11.2. The van der Waals surface area contributed by atoms with Crippen LogP contribution in [-0.2, 0) is 0 Å². The lowest BCUT2D eigenvalue weighted by atomic mass is 10.1. The third-order valence-corrected chi connectivity index (χ3v) is 6.50. The molecule has 0 aliphatic carbocycles. The standard InChI is InChI=1S/C28H24FN9O2/c1-4-38(3)28(39)24-26(32-14-33-27(24)40-22-8-7-18-17(25(22)29)11-15(2)34-18)35-23-13-20(36-37-23)16-5-6-19-21(12-16)31-10-9-30-19/h5-14,34H,4H2,1-3H3,(H2,32,33,35,36,37). The molecular weight excluding hydrogens is 513 g/mol. The van der Waals surface area contributed by atoms with Crippen LogP contribution in [0.3, 0.4) is 0 Å². The molecule has 0 radical (unpaired) electrons. The van der Waals surface area contributed by atoms with E-state index in [9.17, 15) is 4.79 Å². The Morgan fingerprint density at radius 2 is 1.88 bits per heavy atom. The Bertz CT molecular complexity index is 1880. The van der Waals surface area contributed by atoms with E-state index in [-0.39, 0.29) is 23.0 Å². The van der Waals surface area contributed by atoms with Crippen LogP contribution in [-0.4, -0.2) is 59.5 Å². The van der Waals surface area contributed by atoms with Crippen LogP contribution in [0.4, 0.5) is 16.0 Å². The van der Waals surface area contributed by atoms with Crippen molar-refractivity contribution >= 4 is 39.5 Å². The monoisotopic (exact) mass is 537 g/mol. The van der Waals surface area contributed by atoms with Crippen molar-refractivity contribution in [3.8, 4) is 22.9 Å². The van der Waals surface area contributed by atoms with Crippen LogP contribution in [0.5, 0.6) is 11.6 Å². The smallest absolute Gasteiger partial charge is 0.262 e. The summed E-state index contributed by atoms with van der Waals surface area (Å²) in [6.45, 7) is 4.10. The lowest BCUT2D eigenvalue weighted by Gasteiger charge is -2.19. The molecule has 0 bridgehead atoms. The number of nitrogens with zero attached hydrogens (tertiary/aromatic N) is 6. The van der Waals surface area contributed by atoms with Gasteiger partial charge in [-0.3, -0.25) is 19.9 Å². The Kier molecular flexibility index (Phi) is 6.27. The molecule has 200 valence electrons. The van der Waals surface area contributed by atoms with Gasteiger partial charge < -0.3 is 19.9 Å². The molecule has 2 aromatic carbocycles. The van der Waals surface area contributed by atoms with Gasteiger partial charge in [0.1, 0.15) is 11.9 Å². The summed E-state index contributed by atoms with van der Waals surface area (Å²) in [5, 5.41) is 10.8. The van der Waals surface area contributed by atoms with Gasteiger partial charge in [0.15, 0.2) is 23.2 Å². The van der Waals surface area contributed by atoms with E-state index in [1.165, 1.54) is 17.3 Å². The molecule has 3 N–H and O–H groups in total. The quantitative estimate of drug-likeness (QED) is 0.247. The fraction of sp³-hybridized carbons (Fsp3) is 0.143. The van der Waals surface area contributed by atoms with Gasteiger partial charge in [-0.15, -0.1) is 0 Å². The van der Waals surface area contributed by atoms with Crippen LogP contribution in [0, 0.1) is 12.7 Å². The Morgan fingerprint density at radius 3 is 2.70 bits per heavy atom. The molecule has 0 aliphatic heterocycles. The Hall–Kier alpha value is -5.39. The minimum absolute atomic E-state index is 0.0436. The number of H-pyrrole nitrogens is 2. The maximum atomic E-state index is 15.3. The van der Waals surface area contributed by atoms with E-state index in [0.717, 1.165) is 28.0 Å². The Balaban J connectivity index is 1.36. The minimum atomic E-state index is -0.561. The van der Waals surface area contributed by atoms with Crippen molar-refractivity contribution in [3.05, 3.63) is 78.3 Å². The van der Waals surface area contributed by atoms with Crippen molar-refractivity contribution < 1.29 is 13.9 Å². The fourth-order valence-electron chi connectivity index (χ4n) is 4.33. The van der Waals surface area contributed by atoms with E-state index in [0.29, 0.717) is 23.3 Å². The van der Waals surface area contributed by atoms with Crippen molar-refractivity contribution in [2.24, 2.45) is 0 Å². The van der Waals surface area contributed by atoms with Crippen LogP contribution in [0.1, 0.15) is 23.0 Å². The zero-order valence-electron chi connectivity index (χ0n) is 21.9. The van der Waals surface area contributed by atoms with Crippen molar-refractivity contribution in [2.75, 3.05) is 18.9 Å². The summed E-state index contributed by atoms with van der Waals surface area (Å²) in [7, 11) is 1.65. The Morgan fingerprint density at radius 1 is 1.05 bits per heavy atom. The first-order valence-corrected chi connectivity index (χ1v) is 12.5. The molecule has 4 aromatic heterocycles. The number of hydrogen-bond donors (Lipinski definition) is 3. The number of fused-ring (bicyclic) bond motifs is 2. The number of aromatic nitrogens is 7. The zero-order valence-corrected chi connectivity index (χ0v) is 21.9. The van der Waals surface area contributed by atoms with Gasteiger partial charge in [-0.2, -0.15) is 5.10 Å². The van der Waals surface area contributed by atoms with Crippen LogP contribution < -0.4 is 10.1 Å². The number of hydrogen-bond acceptors (Lipinski definition) is 8. The predicted molar refractivity (Wildman–Crippen MR) is 148 cm³/mol. The number of carbonyl (C=O) groups excluding carboxylic acids is 1. The van der Waals surface area contributed by atoms with Gasteiger partial charge in [-0.1, -0.05) is 6.07 Å². The van der Waals surface area contributed by atoms with E-state index >= 15 is 4.39 Å². The van der Waals surface area contributed by atoms with Crippen molar-refractivity contribution in [2.45, 2.75) is 13.8 Å². The average molecular weight is 538 g/mol. The molecule has 0 unspecified atom stereocenters. The first-order valence-electron chi connectivity index (χ1n) is 12.5. The fourth-order valence-corrected chi connectivity index (χ4v) is 4.33.